The molecule has 0 fully saturated rings. The first-order chi connectivity index (χ1) is 13.1. The normalized spacial score (nSPS) is 12.8. The van der Waals surface area contributed by atoms with Gasteiger partial charge in [-0.25, -0.2) is 0 Å². The predicted octanol–water partition coefficient (Wildman–Crippen LogP) is 1.81. The molecule has 0 bridgehead atoms. The fraction of sp³-hybridized carbons (Fsp3) is 0.333. The summed E-state index contributed by atoms with van der Waals surface area (Å²) in [6.07, 6.45) is 2.47. The van der Waals surface area contributed by atoms with Gasteiger partial charge in [-0.3, -0.25) is 9.59 Å². The number of amides is 2. The van der Waals surface area contributed by atoms with Crippen molar-refractivity contribution in [1.29, 1.82) is 0 Å². The first-order valence-corrected chi connectivity index (χ1v) is 9.26. The van der Waals surface area contributed by atoms with Crippen molar-refractivity contribution in [1.82, 2.24) is 5.32 Å². The number of carbonyl (C=O) groups excluding carboxylic acids is 2. The monoisotopic (exact) mass is 368 g/mol. The Balaban J connectivity index is 1.97. The third-order valence-corrected chi connectivity index (χ3v) is 4.26. The van der Waals surface area contributed by atoms with Crippen molar-refractivity contribution >= 4 is 17.5 Å². The number of hydrogen-bond acceptors (Lipinski definition) is 4. The zero-order valence-electron chi connectivity index (χ0n) is 15.4. The van der Waals surface area contributed by atoms with Crippen LogP contribution in [-0.4, -0.2) is 30.4 Å². The Morgan fingerprint density at radius 1 is 0.889 bits per heavy atom. The summed E-state index contributed by atoms with van der Waals surface area (Å²) in [7, 11) is 0. The minimum Gasteiger partial charge on any atom is -0.343 e. The van der Waals surface area contributed by atoms with Crippen molar-refractivity contribution in [3.63, 3.8) is 0 Å². The van der Waals surface area contributed by atoms with E-state index in [1.165, 1.54) is 0 Å². The van der Waals surface area contributed by atoms with Gasteiger partial charge in [-0.05, 0) is 49.9 Å². The molecule has 6 heteroatoms. The summed E-state index contributed by atoms with van der Waals surface area (Å²) >= 11 is 0. The number of benzene rings is 2. The minimum absolute atomic E-state index is 0.251. The minimum atomic E-state index is -0.714. The molecule has 0 aliphatic rings. The van der Waals surface area contributed by atoms with Gasteiger partial charge in [0.2, 0.25) is 11.8 Å². The zero-order chi connectivity index (χ0) is 19.5. The number of anilines is 1. The van der Waals surface area contributed by atoms with Crippen LogP contribution in [0.3, 0.4) is 0 Å². The van der Waals surface area contributed by atoms with Crippen LogP contribution in [0.1, 0.15) is 24.8 Å². The van der Waals surface area contributed by atoms with Gasteiger partial charge >= 0.3 is 0 Å². The van der Waals surface area contributed by atoms with Gasteiger partial charge in [0.1, 0.15) is 6.04 Å². The fourth-order valence-electron chi connectivity index (χ4n) is 2.75. The molecule has 6 nitrogen and oxygen atoms in total. The number of rotatable bonds is 10. The van der Waals surface area contributed by atoms with Crippen LogP contribution in [-0.2, 0) is 16.0 Å². The Morgan fingerprint density at radius 3 is 2.15 bits per heavy atom. The molecule has 2 amide bonds. The lowest BCUT2D eigenvalue weighted by Crippen LogP contribution is -2.50. The third kappa shape index (κ3) is 7.21. The SMILES string of the molecule is NCCCC[C@H](NC(=O)[C@@H](N)Cc1ccccc1)C(=O)Nc1ccccc1. The summed E-state index contributed by atoms with van der Waals surface area (Å²) in [6, 6.07) is 17.4. The molecule has 2 aromatic carbocycles. The molecule has 0 spiro atoms. The molecule has 2 atom stereocenters. The number of hydrogen-bond donors (Lipinski definition) is 4. The van der Waals surface area contributed by atoms with Crippen molar-refractivity contribution < 1.29 is 9.59 Å². The number of unbranched alkanes of at least 4 members (excludes halogenated alkanes) is 1. The van der Waals surface area contributed by atoms with E-state index in [-0.39, 0.29) is 11.8 Å². The third-order valence-electron chi connectivity index (χ3n) is 4.26. The van der Waals surface area contributed by atoms with E-state index in [9.17, 15) is 9.59 Å². The lowest BCUT2D eigenvalue weighted by Gasteiger charge is -2.21. The topological polar surface area (TPSA) is 110 Å². The number of nitrogens with two attached hydrogens (primary N) is 2. The first-order valence-electron chi connectivity index (χ1n) is 9.26. The Kier molecular flexibility index (Phi) is 8.48. The molecule has 27 heavy (non-hydrogen) atoms. The molecule has 0 aliphatic heterocycles. The van der Waals surface area contributed by atoms with Gasteiger partial charge in [0.25, 0.3) is 0 Å². The number of nitrogens with one attached hydrogen (secondary N) is 2. The molecule has 6 N–H and O–H groups in total. The van der Waals surface area contributed by atoms with Crippen LogP contribution in [0.25, 0.3) is 0 Å². The van der Waals surface area contributed by atoms with Gasteiger partial charge in [-0.2, -0.15) is 0 Å². The van der Waals surface area contributed by atoms with Crippen molar-refractivity contribution in [2.75, 3.05) is 11.9 Å². The van der Waals surface area contributed by atoms with Crippen LogP contribution in [0, 0.1) is 0 Å². The standard InChI is InChI=1S/C21H28N4O2/c22-14-8-7-13-19(21(27)24-17-11-5-2-6-12-17)25-20(26)18(23)15-16-9-3-1-4-10-16/h1-6,9-12,18-19H,7-8,13-15,22-23H2,(H,24,27)(H,25,26)/t18-,19-/m0/s1. The Labute approximate surface area is 160 Å². The summed E-state index contributed by atoms with van der Waals surface area (Å²) in [6.45, 7) is 0.550. The highest BCUT2D eigenvalue weighted by molar-refractivity contribution is 5.97. The zero-order valence-corrected chi connectivity index (χ0v) is 15.4. The predicted molar refractivity (Wildman–Crippen MR) is 108 cm³/mol. The Hall–Kier alpha value is -2.70. The lowest BCUT2D eigenvalue weighted by molar-refractivity contribution is -0.127. The quantitative estimate of drug-likeness (QED) is 0.479. The van der Waals surface area contributed by atoms with Crippen LogP contribution >= 0.6 is 0 Å². The van der Waals surface area contributed by atoms with Gasteiger partial charge in [0, 0.05) is 5.69 Å². The highest BCUT2D eigenvalue weighted by atomic mass is 16.2. The molecule has 0 radical (unpaired) electrons. The average molecular weight is 368 g/mol. The van der Waals surface area contributed by atoms with Gasteiger partial charge < -0.3 is 22.1 Å². The van der Waals surface area contributed by atoms with Crippen LogP contribution in [0.4, 0.5) is 5.69 Å². The maximum atomic E-state index is 12.6. The molecule has 0 unspecified atom stereocenters. The second kappa shape index (κ2) is 11.1. The van der Waals surface area contributed by atoms with E-state index in [0.29, 0.717) is 25.1 Å². The van der Waals surface area contributed by atoms with Crippen molar-refractivity contribution in [2.24, 2.45) is 11.5 Å². The van der Waals surface area contributed by atoms with Gasteiger partial charge in [-0.1, -0.05) is 48.5 Å². The summed E-state index contributed by atoms with van der Waals surface area (Å²) in [5, 5.41) is 5.64. The highest BCUT2D eigenvalue weighted by Gasteiger charge is 2.23. The highest BCUT2D eigenvalue weighted by Crippen LogP contribution is 2.09. The van der Waals surface area contributed by atoms with Gasteiger partial charge in [-0.15, -0.1) is 0 Å². The van der Waals surface area contributed by atoms with Crippen LogP contribution in [0.5, 0.6) is 0 Å². The first kappa shape index (κ1) is 20.6. The van der Waals surface area contributed by atoms with Crippen LogP contribution < -0.4 is 22.1 Å². The molecule has 0 aliphatic carbocycles. The van der Waals surface area contributed by atoms with Crippen LogP contribution in [0.2, 0.25) is 0 Å². The van der Waals surface area contributed by atoms with Gasteiger partial charge in [0.05, 0.1) is 6.04 Å². The van der Waals surface area contributed by atoms with Gasteiger partial charge in [0.15, 0.2) is 0 Å². The molecule has 0 saturated carbocycles. The number of para-hydroxylation sites is 1. The van der Waals surface area contributed by atoms with E-state index in [2.05, 4.69) is 10.6 Å². The van der Waals surface area contributed by atoms with Crippen LogP contribution in [0.15, 0.2) is 60.7 Å². The Bertz CT molecular complexity index is 707. The summed E-state index contributed by atoms with van der Waals surface area (Å²) in [4.78, 5) is 25.1. The summed E-state index contributed by atoms with van der Waals surface area (Å²) in [5.41, 5.74) is 13.3. The van der Waals surface area contributed by atoms with E-state index in [0.717, 1.165) is 18.4 Å². The summed E-state index contributed by atoms with van der Waals surface area (Å²) < 4.78 is 0. The van der Waals surface area contributed by atoms with Crippen molar-refractivity contribution in [3.05, 3.63) is 66.2 Å². The maximum Gasteiger partial charge on any atom is 0.246 e. The maximum absolute atomic E-state index is 12.6. The molecular weight excluding hydrogens is 340 g/mol. The second-order valence-corrected chi connectivity index (χ2v) is 6.50. The molecule has 0 saturated heterocycles. The second-order valence-electron chi connectivity index (χ2n) is 6.50. The van der Waals surface area contributed by atoms with Crippen molar-refractivity contribution in [3.8, 4) is 0 Å². The lowest BCUT2D eigenvalue weighted by atomic mass is 10.0. The Morgan fingerprint density at radius 2 is 1.52 bits per heavy atom. The average Bonchev–Trinajstić information content (AvgIpc) is 2.68. The molecular formula is C21H28N4O2. The molecule has 2 rings (SSSR count). The fourth-order valence-corrected chi connectivity index (χ4v) is 2.75. The molecule has 2 aromatic rings. The van der Waals surface area contributed by atoms with E-state index < -0.39 is 12.1 Å². The number of carbonyl (C=O) groups is 2. The molecule has 0 heterocycles. The smallest absolute Gasteiger partial charge is 0.246 e. The van der Waals surface area contributed by atoms with E-state index in [4.69, 9.17) is 11.5 Å². The molecule has 144 valence electrons. The van der Waals surface area contributed by atoms with E-state index in [1.807, 2.05) is 48.5 Å². The van der Waals surface area contributed by atoms with E-state index in [1.54, 1.807) is 12.1 Å². The largest absolute Gasteiger partial charge is 0.343 e. The van der Waals surface area contributed by atoms with Crippen molar-refractivity contribution in [2.45, 2.75) is 37.8 Å². The molecule has 0 aromatic heterocycles. The summed E-state index contributed by atoms with van der Waals surface area (Å²) in [5.74, 6) is -0.585. The van der Waals surface area contributed by atoms with E-state index >= 15 is 0 Å².